The maximum absolute atomic E-state index is 11.8. The molecular weight excluding hydrogens is 204 g/mol. The predicted octanol–water partition coefficient (Wildman–Crippen LogP) is 0.605. The molecule has 16 heavy (non-hydrogen) atoms. The van der Waals surface area contributed by atoms with Crippen LogP contribution in [0, 0.1) is 5.92 Å². The number of amides is 1. The van der Waals surface area contributed by atoms with Crippen LogP contribution >= 0.6 is 0 Å². The van der Waals surface area contributed by atoms with Crippen molar-refractivity contribution in [3.63, 3.8) is 0 Å². The summed E-state index contributed by atoms with van der Waals surface area (Å²) in [5, 5.41) is 12.6. The van der Waals surface area contributed by atoms with Crippen molar-refractivity contribution >= 4 is 5.91 Å². The molecule has 1 fully saturated rings. The van der Waals surface area contributed by atoms with Crippen LogP contribution < -0.4 is 5.32 Å². The highest BCUT2D eigenvalue weighted by Gasteiger charge is 2.24. The lowest BCUT2D eigenvalue weighted by molar-refractivity contribution is -0.132. The monoisotopic (exact) mass is 228 g/mol. The van der Waals surface area contributed by atoms with Gasteiger partial charge in [0.15, 0.2) is 0 Å². The molecule has 1 saturated heterocycles. The van der Waals surface area contributed by atoms with Crippen molar-refractivity contribution in [3.05, 3.63) is 0 Å². The number of aliphatic hydroxyl groups excluding tert-OH is 1. The van der Waals surface area contributed by atoms with E-state index in [1.165, 1.54) is 0 Å². The molecule has 1 unspecified atom stereocenters. The van der Waals surface area contributed by atoms with Gasteiger partial charge in [-0.1, -0.05) is 6.92 Å². The van der Waals surface area contributed by atoms with Crippen molar-refractivity contribution in [1.29, 1.82) is 0 Å². The second kappa shape index (κ2) is 6.86. The number of hydrogen-bond donors (Lipinski definition) is 2. The van der Waals surface area contributed by atoms with Crippen LogP contribution in [0.1, 0.15) is 33.1 Å². The van der Waals surface area contributed by atoms with E-state index in [2.05, 4.69) is 12.2 Å². The molecule has 1 heterocycles. The number of nitrogens with one attached hydrogen (secondary N) is 1. The van der Waals surface area contributed by atoms with Gasteiger partial charge >= 0.3 is 0 Å². The number of rotatable bonds is 5. The molecule has 0 saturated carbocycles. The smallest absolute Gasteiger partial charge is 0.236 e. The summed E-state index contributed by atoms with van der Waals surface area (Å²) in [5.41, 5.74) is 0. The van der Waals surface area contributed by atoms with Crippen LogP contribution in [-0.4, -0.2) is 48.2 Å². The Morgan fingerprint density at radius 2 is 2.12 bits per heavy atom. The molecule has 94 valence electrons. The molecule has 0 aromatic heterocycles. The van der Waals surface area contributed by atoms with Gasteiger partial charge in [-0.3, -0.25) is 4.79 Å². The number of piperidine rings is 1. The van der Waals surface area contributed by atoms with E-state index in [0.29, 0.717) is 12.5 Å². The number of likely N-dealkylation sites (tertiary alicyclic amines) is 1. The third-order valence-corrected chi connectivity index (χ3v) is 3.28. The van der Waals surface area contributed by atoms with Crippen molar-refractivity contribution in [2.75, 3.05) is 26.2 Å². The Bertz CT molecular complexity index is 211. The average molecular weight is 228 g/mol. The zero-order valence-corrected chi connectivity index (χ0v) is 10.4. The SMILES string of the molecule is CCCNCC(=O)N1CCC(C(C)O)CC1. The summed E-state index contributed by atoms with van der Waals surface area (Å²) in [4.78, 5) is 13.7. The molecule has 0 aromatic rings. The lowest BCUT2D eigenvalue weighted by Crippen LogP contribution is -2.44. The summed E-state index contributed by atoms with van der Waals surface area (Å²) in [6, 6.07) is 0. The molecule has 1 atom stereocenters. The fraction of sp³-hybridized carbons (Fsp3) is 0.917. The first-order valence-corrected chi connectivity index (χ1v) is 6.31. The molecule has 0 spiro atoms. The fourth-order valence-corrected chi connectivity index (χ4v) is 2.12. The normalized spacial score (nSPS) is 19.8. The summed E-state index contributed by atoms with van der Waals surface area (Å²) in [5.74, 6) is 0.560. The predicted molar refractivity (Wildman–Crippen MR) is 64.1 cm³/mol. The van der Waals surface area contributed by atoms with Crippen LogP contribution in [0.25, 0.3) is 0 Å². The molecule has 0 aromatic carbocycles. The first kappa shape index (κ1) is 13.5. The highest BCUT2D eigenvalue weighted by molar-refractivity contribution is 5.78. The maximum atomic E-state index is 11.8. The van der Waals surface area contributed by atoms with E-state index in [4.69, 9.17) is 0 Å². The Kier molecular flexibility index (Phi) is 5.77. The van der Waals surface area contributed by atoms with Crippen molar-refractivity contribution in [2.24, 2.45) is 5.92 Å². The number of nitrogens with zero attached hydrogens (tertiary/aromatic N) is 1. The zero-order chi connectivity index (χ0) is 12.0. The van der Waals surface area contributed by atoms with Gasteiger partial charge in [-0.15, -0.1) is 0 Å². The lowest BCUT2D eigenvalue weighted by atomic mass is 9.92. The van der Waals surface area contributed by atoms with Crippen LogP contribution in [-0.2, 0) is 4.79 Å². The third kappa shape index (κ3) is 4.10. The highest BCUT2D eigenvalue weighted by atomic mass is 16.3. The van der Waals surface area contributed by atoms with Gasteiger partial charge in [0, 0.05) is 13.1 Å². The van der Waals surface area contributed by atoms with E-state index in [1.807, 2.05) is 11.8 Å². The zero-order valence-electron chi connectivity index (χ0n) is 10.4. The van der Waals surface area contributed by atoms with Gasteiger partial charge in [0.05, 0.1) is 12.6 Å². The minimum Gasteiger partial charge on any atom is -0.393 e. The summed E-state index contributed by atoms with van der Waals surface area (Å²) < 4.78 is 0. The quantitative estimate of drug-likeness (QED) is 0.678. The number of aliphatic hydroxyl groups is 1. The minimum atomic E-state index is -0.240. The minimum absolute atomic E-state index is 0.192. The maximum Gasteiger partial charge on any atom is 0.236 e. The number of hydrogen-bond acceptors (Lipinski definition) is 3. The molecule has 1 aliphatic heterocycles. The fourth-order valence-electron chi connectivity index (χ4n) is 2.12. The Balaban J connectivity index is 2.22. The van der Waals surface area contributed by atoms with Crippen LogP contribution in [0.2, 0.25) is 0 Å². The number of carbonyl (C=O) groups excluding carboxylic acids is 1. The van der Waals surface area contributed by atoms with Gasteiger partial charge in [0.1, 0.15) is 0 Å². The van der Waals surface area contributed by atoms with Gasteiger partial charge < -0.3 is 15.3 Å². The summed E-state index contributed by atoms with van der Waals surface area (Å²) in [6.45, 7) is 6.87. The molecule has 0 bridgehead atoms. The van der Waals surface area contributed by atoms with E-state index in [1.54, 1.807) is 0 Å². The van der Waals surface area contributed by atoms with E-state index in [-0.39, 0.29) is 12.0 Å². The third-order valence-electron chi connectivity index (χ3n) is 3.28. The second-order valence-corrected chi connectivity index (χ2v) is 4.64. The topological polar surface area (TPSA) is 52.6 Å². The standard InChI is InChI=1S/C12H24N2O2/c1-3-6-13-9-12(16)14-7-4-11(5-8-14)10(2)15/h10-11,13,15H,3-9H2,1-2H3. The van der Waals surface area contributed by atoms with E-state index >= 15 is 0 Å². The molecule has 0 radical (unpaired) electrons. The molecule has 1 amide bonds. The van der Waals surface area contributed by atoms with Gasteiger partial charge in [-0.25, -0.2) is 0 Å². The molecule has 4 nitrogen and oxygen atoms in total. The molecule has 0 aliphatic carbocycles. The Morgan fingerprint density at radius 1 is 1.50 bits per heavy atom. The van der Waals surface area contributed by atoms with Crippen molar-refractivity contribution in [2.45, 2.75) is 39.2 Å². The summed E-state index contributed by atoms with van der Waals surface area (Å²) in [6.07, 6.45) is 2.67. The van der Waals surface area contributed by atoms with Crippen molar-refractivity contribution < 1.29 is 9.90 Å². The molecule has 1 aliphatic rings. The molecular formula is C12H24N2O2. The van der Waals surface area contributed by atoms with E-state index in [9.17, 15) is 9.90 Å². The van der Waals surface area contributed by atoms with Crippen LogP contribution in [0.5, 0.6) is 0 Å². The Labute approximate surface area is 98.0 Å². The van der Waals surface area contributed by atoms with Crippen molar-refractivity contribution in [3.8, 4) is 0 Å². The summed E-state index contributed by atoms with van der Waals surface area (Å²) >= 11 is 0. The molecule has 2 N–H and O–H groups in total. The highest BCUT2D eigenvalue weighted by Crippen LogP contribution is 2.20. The van der Waals surface area contributed by atoms with Gasteiger partial charge in [-0.05, 0) is 38.6 Å². The first-order valence-electron chi connectivity index (χ1n) is 6.31. The summed E-state index contributed by atoms with van der Waals surface area (Å²) in [7, 11) is 0. The molecule has 1 rings (SSSR count). The molecule has 4 heteroatoms. The average Bonchev–Trinajstić information content (AvgIpc) is 2.29. The number of carbonyl (C=O) groups is 1. The van der Waals surface area contributed by atoms with Crippen LogP contribution in [0.4, 0.5) is 0 Å². The van der Waals surface area contributed by atoms with Crippen LogP contribution in [0.3, 0.4) is 0 Å². The largest absolute Gasteiger partial charge is 0.393 e. The lowest BCUT2D eigenvalue weighted by Gasteiger charge is -2.33. The van der Waals surface area contributed by atoms with Gasteiger partial charge in [0.2, 0.25) is 5.91 Å². The van der Waals surface area contributed by atoms with E-state index in [0.717, 1.165) is 38.9 Å². The van der Waals surface area contributed by atoms with Crippen LogP contribution in [0.15, 0.2) is 0 Å². The van der Waals surface area contributed by atoms with Gasteiger partial charge in [0.25, 0.3) is 0 Å². The van der Waals surface area contributed by atoms with E-state index < -0.39 is 0 Å². The Morgan fingerprint density at radius 3 is 2.62 bits per heavy atom. The van der Waals surface area contributed by atoms with Gasteiger partial charge in [-0.2, -0.15) is 0 Å². The van der Waals surface area contributed by atoms with Crippen molar-refractivity contribution in [1.82, 2.24) is 10.2 Å². The second-order valence-electron chi connectivity index (χ2n) is 4.64. The Hall–Kier alpha value is -0.610. The first-order chi connectivity index (χ1) is 7.65.